The number of halogens is 3. The van der Waals surface area contributed by atoms with Gasteiger partial charge in [0.25, 0.3) is 11.5 Å². The number of aryl methyl sites for hydroxylation is 1. The number of carboxylic acid groups (broad SMARTS) is 1. The van der Waals surface area contributed by atoms with E-state index in [1.54, 1.807) is 6.92 Å². The van der Waals surface area contributed by atoms with Gasteiger partial charge in [-0.15, -0.1) is 11.3 Å². The average Bonchev–Trinajstić information content (AvgIpc) is 3.34. The zero-order valence-corrected chi connectivity index (χ0v) is 18.9. The summed E-state index contributed by atoms with van der Waals surface area (Å²) < 4.78 is 41.2. The maximum Gasteiger partial charge on any atom is 0.417 e. The van der Waals surface area contributed by atoms with E-state index in [-0.39, 0.29) is 36.3 Å². The van der Waals surface area contributed by atoms with Gasteiger partial charge in [-0.25, -0.2) is 14.8 Å². The number of rotatable bonds is 3. The Bertz CT molecular complexity index is 1460. The van der Waals surface area contributed by atoms with Gasteiger partial charge in [0.05, 0.1) is 5.39 Å². The molecule has 14 heteroatoms. The molecule has 1 amide bonds. The van der Waals surface area contributed by atoms with Crippen LogP contribution in [0.25, 0.3) is 10.2 Å². The lowest BCUT2D eigenvalue weighted by Crippen LogP contribution is -2.57. The molecule has 1 aliphatic carbocycles. The highest BCUT2D eigenvalue weighted by atomic mass is 32.1. The van der Waals surface area contributed by atoms with Crippen LogP contribution < -0.4 is 16.2 Å². The Hall–Kier alpha value is -3.52. The fraction of sp³-hybridized carbons (Fsp3) is 0.381. The first-order valence-electron chi connectivity index (χ1n) is 10.5. The summed E-state index contributed by atoms with van der Waals surface area (Å²) in [5.74, 6) is -1.57. The van der Waals surface area contributed by atoms with Crippen molar-refractivity contribution in [2.75, 3.05) is 5.32 Å². The highest BCUT2D eigenvalue weighted by molar-refractivity contribution is 7.20. The molecular weight excluding hydrogens is 491 g/mol. The normalized spacial score (nSPS) is 24.0. The lowest BCUT2D eigenvalue weighted by molar-refractivity contribution is -0.275. The predicted octanol–water partition coefficient (Wildman–Crippen LogP) is 3.11. The standard InChI is InChI=1S/C21H18F3N5O5S.H2/c1-9-6-11(27-14-10-7-12(18(32)33)35-16(10)26-8-25-14)17(31)29-13(9)15(30)28-20(29)4-2-19(34,3-5-20)21(22,23)24;/h6-8,34H,2-5H2,1H3,(H,28,30)(H,32,33)(H,25,26,27);1H. The first kappa shape index (κ1) is 23.2. The minimum atomic E-state index is -4.84. The van der Waals surface area contributed by atoms with Crippen molar-refractivity contribution in [3.05, 3.63) is 44.9 Å². The van der Waals surface area contributed by atoms with E-state index in [9.17, 15) is 37.8 Å². The van der Waals surface area contributed by atoms with Gasteiger partial charge in [0.1, 0.15) is 38.9 Å². The molecule has 3 aromatic heterocycles. The lowest BCUT2D eigenvalue weighted by atomic mass is 9.78. The number of aromatic nitrogens is 3. The van der Waals surface area contributed by atoms with Gasteiger partial charge >= 0.3 is 12.1 Å². The van der Waals surface area contributed by atoms with Crippen LogP contribution >= 0.6 is 11.3 Å². The number of aromatic carboxylic acids is 1. The molecule has 0 saturated heterocycles. The van der Waals surface area contributed by atoms with Gasteiger partial charge in [-0.05, 0) is 50.3 Å². The Morgan fingerprint density at radius 1 is 1.23 bits per heavy atom. The van der Waals surface area contributed by atoms with E-state index in [2.05, 4.69) is 20.6 Å². The lowest BCUT2D eigenvalue weighted by Gasteiger charge is -2.43. The summed E-state index contributed by atoms with van der Waals surface area (Å²) in [6.07, 6.45) is -5.59. The number of anilines is 2. The summed E-state index contributed by atoms with van der Waals surface area (Å²) in [4.78, 5) is 46.2. The quantitative estimate of drug-likeness (QED) is 0.420. The van der Waals surface area contributed by atoms with E-state index >= 15 is 0 Å². The summed E-state index contributed by atoms with van der Waals surface area (Å²) in [5, 5.41) is 25.3. The highest BCUT2D eigenvalue weighted by Gasteiger charge is 2.59. The van der Waals surface area contributed by atoms with Crippen molar-refractivity contribution in [3.8, 4) is 0 Å². The molecule has 1 aliphatic heterocycles. The van der Waals surface area contributed by atoms with Crippen LogP contribution in [0.15, 0.2) is 23.3 Å². The number of nitrogens with zero attached hydrogens (tertiary/aromatic N) is 3. The third kappa shape index (κ3) is 3.46. The second-order valence-electron chi connectivity index (χ2n) is 8.73. The Balaban J connectivity index is 0.00000304. The second kappa shape index (κ2) is 7.49. The van der Waals surface area contributed by atoms with Crippen LogP contribution in [0.2, 0.25) is 0 Å². The maximum absolute atomic E-state index is 13.5. The van der Waals surface area contributed by atoms with Crippen LogP contribution in [0.1, 0.15) is 52.8 Å². The summed E-state index contributed by atoms with van der Waals surface area (Å²) >= 11 is 0.933. The molecule has 0 bridgehead atoms. The number of amides is 1. The fourth-order valence-corrected chi connectivity index (χ4v) is 5.59. The molecule has 4 heterocycles. The van der Waals surface area contributed by atoms with Gasteiger partial charge < -0.3 is 20.8 Å². The van der Waals surface area contributed by atoms with E-state index in [0.717, 1.165) is 15.9 Å². The van der Waals surface area contributed by atoms with E-state index in [4.69, 9.17) is 0 Å². The van der Waals surface area contributed by atoms with Gasteiger partial charge in [-0.2, -0.15) is 13.2 Å². The molecule has 3 aromatic rings. The van der Waals surface area contributed by atoms with E-state index in [1.807, 2.05) is 0 Å². The summed E-state index contributed by atoms with van der Waals surface area (Å²) in [5.41, 5.74) is -4.53. The Morgan fingerprint density at radius 3 is 2.54 bits per heavy atom. The van der Waals surface area contributed by atoms with Gasteiger partial charge in [-0.3, -0.25) is 14.2 Å². The number of carbonyl (C=O) groups excluding carboxylic acids is 1. The minimum Gasteiger partial charge on any atom is -0.477 e. The Kier molecular flexibility index (Phi) is 4.97. The number of carbonyl (C=O) groups is 2. The first-order valence-corrected chi connectivity index (χ1v) is 11.3. The van der Waals surface area contributed by atoms with Crippen molar-refractivity contribution in [2.45, 2.75) is 50.0 Å². The van der Waals surface area contributed by atoms with E-state index < -0.39 is 47.7 Å². The molecule has 0 radical (unpaired) electrons. The number of hydrogen-bond donors (Lipinski definition) is 4. The number of aliphatic hydroxyl groups is 1. The second-order valence-corrected chi connectivity index (χ2v) is 9.76. The maximum atomic E-state index is 13.5. The number of thiophene rings is 1. The number of alkyl halides is 3. The van der Waals surface area contributed by atoms with Gasteiger partial charge in [0.2, 0.25) is 0 Å². The zero-order chi connectivity index (χ0) is 25.3. The molecule has 1 spiro atoms. The Morgan fingerprint density at radius 2 is 1.91 bits per heavy atom. The van der Waals surface area contributed by atoms with Crippen molar-refractivity contribution < 1.29 is 34.4 Å². The van der Waals surface area contributed by atoms with Gasteiger partial charge in [0.15, 0.2) is 5.60 Å². The molecule has 0 aromatic carbocycles. The topological polar surface area (TPSA) is 146 Å². The summed E-state index contributed by atoms with van der Waals surface area (Å²) in [6, 6.07) is 2.80. The summed E-state index contributed by atoms with van der Waals surface area (Å²) in [7, 11) is 0. The third-order valence-corrected chi connectivity index (χ3v) is 7.64. The largest absolute Gasteiger partial charge is 0.477 e. The number of hydrogen-bond acceptors (Lipinski definition) is 8. The first-order chi connectivity index (χ1) is 16.4. The molecule has 186 valence electrons. The van der Waals surface area contributed by atoms with Crippen LogP contribution in [0.5, 0.6) is 0 Å². The molecular formula is C21H20F3N5O5S. The van der Waals surface area contributed by atoms with Crippen molar-refractivity contribution in [1.29, 1.82) is 0 Å². The van der Waals surface area contributed by atoms with Gasteiger partial charge in [0, 0.05) is 1.43 Å². The molecule has 0 atom stereocenters. The van der Waals surface area contributed by atoms with Gasteiger partial charge in [-0.1, -0.05) is 0 Å². The monoisotopic (exact) mass is 511 g/mol. The van der Waals surface area contributed by atoms with Crippen LogP contribution in [-0.2, 0) is 5.66 Å². The molecule has 5 rings (SSSR count). The van der Waals surface area contributed by atoms with E-state index in [0.29, 0.717) is 15.8 Å². The highest BCUT2D eigenvalue weighted by Crippen LogP contribution is 2.47. The van der Waals surface area contributed by atoms with Crippen molar-refractivity contribution >= 4 is 44.9 Å². The molecule has 35 heavy (non-hydrogen) atoms. The van der Waals surface area contributed by atoms with Crippen molar-refractivity contribution in [2.24, 2.45) is 0 Å². The smallest absolute Gasteiger partial charge is 0.417 e. The van der Waals surface area contributed by atoms with Crippen LogP contribution in [0.4, 0.5) is 24.7 Å². The number of nitrogens with one attached hydrogen (secondary N) is 2. The number of fused-ring (bicyclic) bond motifs is 3. The predicted molar refractivity (Wildman–Crippen MR) is 120 cm³/mol. The molecule has 1 saturated carbocycles. The average molecular weight is 511 g/mol. The number of carboxylic acids is 1. The van der Waals surface area contributed by atoms with Crippen LogP contribution in [0.3, 0.4) is 0 Å². The zero-order valence-electron chi connectivity index (χ0n) is 18.1. The van der Waals surface area contributed by atoms with E-state index in [1.165, 1.54) is 18.5 Å². The molecule has 0 unspecified atom stereocenters. The minimum absolute atomic E-state index is 0. The van der Waals surface area contributed by atoms with Crippen LogP contribution in [-0.4, -0.2) is 48.4 Å². The molecule has 10 nitrogen and oxygen atoms in total. The molecule has 2 aliphatic rings. The summed E-state index contributed by atoms with van der Waals surface area (Å²) in [6.45, 7) is 1.59. The third-order valence-electron chi connectivity index (χ3n) is 6.61. The van der Waals surface area contributed by atoms with Crippen molar-refractivity contribution in [1.82, 2.24) is 19.9 Å². The molecule has 4 N–H and O–H groups in total. The molecule has 1 fully saturated rings. The Labute approximate surface area is 199 Å². The fourth-order valence-electron chi connectivity index (χ4n) is 4.75. The number of pyridine rings is 1. The van der Waals surface area contributed by atoms with Crippen LogP contribution in [0, 0.1) is 6.92 Å². The SMILES string of the molecule is Cc1cc(Nc2ncnc3sc(C(=O)O)cc23)c(=O)n2c1C(=O)NC21CCC(O)(C(F)(F)F)CC1.[HH]. The van der Waals surface area contributed by atoms with Crippen molar-refractivity contribution in [3.63, 3.8) is 0 Å².